The largest absolute Gasteiger partial charge is 0.508 e. The number of carboxylic acids is 1. The molecule has 0 saturated heterocycles. The highest BCUT2D eigenvalue weighted by atomic mass is 16.5. The van der Waals surface area contributed by atoms with Gasteiger partial charge < -0.3 is 31.3 Å². The minimum absolute atomic E-state index is 0.145. The number of hydrogen-bond acceptors (Lipinski definition) is 6. The molecule has 0 aliphatic heterocycles. The van der Waals surface area contributed by atoms with Crippen molar-refractivity contribution in [2.24, 2.45) is 5.73 Å². The molecular weight excluding hydrogens is 414 g/mol. The molecule has 0 aliphatic carbocycles. The summed E-state index contributed by atoms with van der Waals surface area (Å²) in [6, 6.07) is 11.1. The Morgan fingerprint density at radius 3 is 2.28 bits per heavy atom. The second kappa shape index (κ2) is 12.3. The predicted octanol–water partition coefficient (Wildman–Crippen LogP) is 1.44. The number of amides is 2. The van der Waals surface area contributed by atoms with Gasteiger partial charge in [-0.2, -0.15) is 0 Å². The van der Waals surface area contributed by atoms with Gasteiger partial charge in [0.1, 0.15) is 17.5 Å². The molecule has 2 rings (SSSR count). The number of carboxylic acid groups (broad SMARTS) is 1. The van der Waals surface area contributed by atoms with Gasteiger partial charge in [0.15, 0.2) is 0 Å². The maximum atomic E-state index is 12.3. The third-order valence-electron chi connectivity index (χ3n) is 4.90. The molecule has 0 saturated carbocycles. The summed E-state index contributed by atoms with van der Waals surface area (Å²) in [6.45, 7) is 0.348. The van der Waals surface area contributed by atoms with E-state index in [1.54, 1.807) is 36.4 Å². The third kappa shape index (κ3) is 7.92. The lowest BCUT2D eigenvalue weighted by molar-refractivity contribution is -0.139. The predicted molar refractivity (Wildman–Crippen MR) is 119 cm³/mol. The number of methoxy groups -OCH3 is 1. The van der Waals surface area contributed by atoms with Gasteiger partial charge in [0.05, 0.1) is 13.2 Å². The first-order chi connectivity index (χ1) is 15.3. The SMILES string of the molecule is COc1ccc(C(=O)N[C@@H](CCCCNC(=O)[C@@H](N)Cc2ccc(O)cc2)C(=O)O)cc1. The first-order valence-electron chi connectivity index (χ1n) is 10.3. The Labute approximate surface area is 186 Å². The smallest absolute Gasteiger partial charge is 0.326 e. The summed E-state index contributed by atoms with van der Waals surface area (Å²) >= 11 is 0. The Kier molecular flexibility index (Phi) is 9.49. The van der Waals surface area contributed by atoms with Gasteiger partial charge in [-0.05, 0) is 67.6 Å². The summed E-state index contributed by atoms with van der Waals surface area (Å²) in [4.78, 5) is 35.9. The van der Waals surface area contributed by atoms with Crippen LogP contribution in [0.1, 0.15) is 35.2 Å². The highest BCUT2D eigenvalue weighted by Crippen LogP contribution is 2.12. The Hall–Kier alpha value is -3.59. The molecule has 32 heavy (non-hydrogen) atoms. The molecule has 0 unspecified atom stereocenters. The van der Waals surface area contributed by atoms with Gasteiger partial charge in [-0.1, -0.05) is 12.1 Å². The summed E-state index contributed by atoms with van der Waals surface area (Å²) in [7, 11) is 1.52. The number of carbonyl (C=O) groups is 3. The third-order valence-corrected chi connectivity index (χ3v) is 4.90. The van der Waals surface area contributed by atoms with Crippen LogP contribution in [-0.4, -0.2) is 53.7 Å². The van der Waals surface area contributed by atoms with E-state index in [-0.39, 0.29) is 18.1 Å². The number of unbranched alkanes of at least 4 members (excludes halogenated alkanes) is 1. The lowest BCUT2D eigenvalue weighted by Gasteiger charge is -2.15. The standard InChI is InChI=1S/C23H29N3O6/c1-32-18-11-7-16(8-12-18)21(28)26-20(23(30)31)4-2-3-13-25-22(29)19(24)14-15-5-9-17(27)10-6-15/h5-12,19-20,27H,2-4,13-14,24H2,1H3,(H,25,29)(H,26,28)(H,30,31)/t19-,20-/m0/s1. The number of nitrogens with one attached hydrogen (secondary N) is 2. The number of benzene rings is 2. The molecule has 0 spiro atoms. The maximum Gasteiger partial charge on any atom is 0.326 e. The summed E-state index contributed by atoms with van der Waals surface area (Å²) in [5.74, 6) is -1.16. The zero-order chi connectivity index (χ0) is 23.5. The molecule has 6 N–H and O–H groups in total. The molecule has 9 heteroatoms. The van der Waals surface area contributed by atoms with Crippen LogP contribution >= 0.6 is 0 Å². The van der Waals surface area contributed by atoms with E-state index in [1.807, 2.05) is 0 Å². The Morgan fingerprint density at radius 2 is 1.69 bits per heavy atom. The Morgan fingerprint density at radius 1 is 1.03 bits per heavy atom. The lowest BCUT2D eigenvalue weighted by Crippen LogP contribution is -2.42. The minimum Gasteiger partial charge on any atom is -0.508 e. The number of aromatic hydroxyl groups is 1. The molecule has 0 aromatic heterocycles. The van der Waals surface area contributed by atoms with Crippen molar-refractivity contribution in [3.63, 3.8) is 0 Å². The fourth-order valence-electron chi connectivity index (χ4n) is 3.04. The molecular formula is C23H29N3O6. The van der Waals surface area contributed by atoms with E-state index in [2.05, 4.69) is 10.6 Å². The monoisotopic (exact) mass is 443 g/mol. The molecule has 0 heterocycles. The van der Waals surface area contributed by atoms with Crippen molar-refractivity contribution >= 4 is 17.8 Å². The number of ether oxygens (including phenoxy) is 1. The van der Waals surface area contributed by atoms with Crippen LogP contribution in [0, 0.1) is 0 Å². The first-order valence-corrected chi connectivity index (χ1v) is 10.3. The fraction of sp³-hybridized carbons (Fsp3) is 0.348. The van der Waals surface area contributed by atoms with Crippen molar-refractivity contribution < 1.29 is 29.3 Å². The highest BCUT2D eigenvalue weighted by molar-refractivity contribution is 5.96. The van der Waals surface area contributed by atoms with Crippen molar-refractivity contribution in [3.05, 3.63) is 59.7 Å². The average molecular weight is 444 g/mol. The number of rotatable bonds is 12. The van der Waals surface area contributed by atoms with Crippen LogP contribution in [0.5, 0.6) is 11.5 Å². The van der Waals surface area contributed by atoms with Gasteiger partial charge in [-0.25, -0.2) is 4.79 Å². The zero-order valence-corrected chi connectivity index (χ0v) is 17.9. The molecule has 0 aliphatic rings. The van der Waals surface area contributed by atoms with Crippen molar-refractivity contribution in [2.75, 3.05) is 13.7 Å². The summed E-state index contributed by atoms with van der Waals surface area (Å²) in [5, 5.41) is 23.9. The minimum atomic E-state index is -1.12. The average Bonchev–Trinajstić information content (AvgIpc) is 2.79. The molecule has 2 atom stereocenters. The Balaban J connectivity index is 1.71. The van der Waals surface area contributed by atoms with E-state index in [9.17, 15) is 24.6 Å². The van der Waals surface area contributed by atoms with E-state index >= 15 is 0 Å². The summed E-state index contributed by atoms with van der Waals surface area (Å²) in [5.41, 5.74) is 7.09. The van der Waals surface area contributed by atoms with Crippen molar-refractivity contribution in [1.29, 1.82) is 0 Å². The van der Waals surface area contributed by atoms with Crippen LogP contribution < -0.4 is 21.1 Å². The number of phenolic OH excluding ortho intramolecular Hbond substituents is 1. The molecule has 9 nitrogen and oxygen atoms in total. The van der Waals surface area contributed by atoms with Gasteiger partial charge >= 0.3 is 5.97 Å². The highest BCUT2D eigenvalue weighted by Gasteiger charge is 2.20. The van der Waals surface area contributed by atoms with Gasteiger partial charge in [0, 0.05) is 12.1 Å². The van der Waals surface area contributed by atoms with Crippen molar-refractivity contribution in [3.8, 4) is 11.5 Å². The first kappa shape index (κ1) is 24.7. The molecule has 2 amide bonds. The fourth-order valence-corrected chi connectivity index (χ4v) is 3.04. The molecule has 2 aromatic rings. The van der Waals surface area contributed by atoms with E-state index in [0.717, 1.165) is 5.56 Å². The number of hydrogen-bond donors (Lipinski definition) is 5. The van der Waals surface area contributed by atoms with Crippen LogP contribution in [0.2, 0.25) is 0 Å². The van der Waals surface area contributed by atoms with E-state index < -0.39 is 24.0 Å². The molecule has 0 fully saturated rings. The molecule has 2 aromatic carbocycles. The maximum absolute atomic E-state index is 12.3. The van der Waals surface area contributed by atoms with Gasteiger partial charge in [-0.15, -0.1) is 0 Å². The summed E-state index contributed by atoms with van der Waals surface area (Å²) < 4.78 is 5.04. The quantitative estimate of drug-likeness (QED) is 0.311. The van der Waals surface area contributed by atoms with Gasteiger partial charge in [0.2, 0.25) is 5.91 Å². The lowest BCUT2D eigenvalue weighted by atomic mass is 10.1. The molecule has 0 radical (unpaired) electrons. The van der Waals surface area contributed by atoms with Crippen LogP contribution in [0.4, 0.5) is 0 Å². The van der Waals surface area contributed by atoms with Crippen LogP contribution in [0.25, 0.3) is 0 Å². The van der Waals surface area contributed by atoms with Crippen LogP contribution in [-0.2, 0) is 16.0 Å². The van der Waals surface area contributed by atoms with Crippen LogP contribution in [0.3, 0.4) is 0 Å². The van der Waals surface area contributed by atoms with Crippen molar-refractivity contribution in [1.82, 2.24) is 10.6 Å². The van der Waals surface area contributed by atoms with E-state index in [1.165, 1.54) is 19.2 Å². The number of aliphatic carboxylic acids is 1. The van der Waals surface area contributed by atoms with E-state index in [4.69, 9.17) is 10.5 Å². The van der Waals surface area contributed by atoms with Gasteiger partial charge in [-0.3, -0.25) is 9.59 Å². The topological polar surface area (TPSA) is 151 Å². The molecule has 0 bridgehead atoms. The van der Waals surface area contributed by atoms with Crippen molar-refractivity contribution in [2.45, 2.75) is 37.8 Å². The molecule has 172 valence electrons. The number of carbonyl (C=O) groups excluding carboxylic acids is 2. The zero-order valence-electron chi connectivity index (χ0n) is 17.9. The second-order valence-corrected chi connectivity index (χ2v) is 7.36. The second-order valence-electron chi connectivity index (χ2n) is 7.36. The normalized spacial score (nSPS) is 12.4. The Bertz CT molecular complexity index is 899. The number of phenols is 1. The van der Waals surface area contributed by atoms with Crippen LogP contribution in [0.15, 0.2) is 48.5 Å². The van der Waals surface area contributed by atoms with Gasteiger partial charge in [0.25, 0.3) is 5.91 Å². The van der Waals surface area contributed by atoms with E-state index in [0.29, 0.717) is 37.1 Å². The number of nitrogens with two attached hydrogens (primary N) is 1. The summed E-state index contributed by atoms with van der Waals surface area (Å²) in [6.07, 6.45) is 1.60.